The summed E-state index contributed by atoms with van der Waals surface area (Å²) in [6, 6.07) is 20.3. The lowest BCUT2D eigenvalue weighted by molar-refractivity contribution is -0.138. The molecule has 1 N–H and O–H groups in total. The van der Waals surface area contributed by atoms with Crippen molar-refractivity contribution in [3.8, 4) is 0 Å². The second kappa shape index (κ2) is 12.1. The van der Waals surface area contributed by atoms with Gasteiger partial charge in [0.25, 0.3) is 11.8 Å². The molecule has 0 saturated carbocycles. The summed E-state index contributed by atoms with van der Waals surface area (Å²) in [4.78, 5) is 59.1. The molecule has 8 nitrogen and oxygen atoms in total. The molecular formula is C30H30N4O4. The number of pyridine rings is 1. The fourth-order valence-electron chi connectivity index (χ4n) is 4.51. The molecule has 1 aliphatic rings. The third-order valence-electron chi connectivity index (χ3n) is 6.33. The highest BCUT2D eigenvalue weighted by molar-refractivity contribution is 6.03. The molecule has 0 saturated heterocycles. The summed E-state index contributed by atoms with van der Waals surface area (Å²) < 4.78 is 0. The number of carbonyl (C=O) groups excluding carboxylic acids is 4. The third kappa shape index (κ3) is 6.03. The van der Waals surface area contributed by atoms with Gasteiger partial charge >= 0.3 is 0 Å². The Balaban J connectivity index is 1.65. The second-order valence-corrected chi connectivity index (χ2v) is 9.45. The molecule has 3 amide bonds. The lowest BCUT2D eigenvalue weighted by Crippen LogP contribution is -2.56. The maximum Gasteiger partial charge on any atom is 0.260 e. The molecule has 0 spiro atoms. The minimum atomic E-state index is -0.825. The molecule has 4 rings (SSSR count). The molecule has 0 aliphatic carbocycles. The van der Waals surface area contributed by atoms with Crippen LogP contribution in [-0.2, 0) is 20.8 Å². The van der Waals surface area contributed by atoms with Crippen LogP contribution in [0, 0.1) is 5.92 Å². The molecule has 38 heavy (non-hydrogen) atoms. The minimum Gasteiger partial charge on any atom is -0.345 e. The van der Waals surface area contributed by atoms with Crippen LogP contribution in [0.1, 0.15) is 35.3 Å². The predicted molar refractivity (Wildman–Crippen MR) is 143 cm³/mol. The fourth-order valence-corrected chi connectivity index (χ4v) is 4.51. The fraction of sp³-hybridized carbons (Fsp3) is 0.233. The molecule has 2 heterocycles. The molecule has 0 fully saturated rings. The lowest BCUT2D eigenvalue weighted by Gasteiger charge is -2.41. The van der Waals surface area contributed by atoms with E-state index in [2.05, 4.69) is 10.3 Å². The van der Waals surface area contributed by atoms with E-state index in [1.807, 2.05) is 74.5 Å². The SMILES string of the molecule is CC(C)C1C(=O)N(CC(=O)NC(C=O)Cc2ccccc2)C(c2ccccc2)=CN1C(=O)c1cccnc1. The standard InChI is InChI=1S/C30H30N4O4/c1-21(2)28-30(38)33(19-27(36)32-25(20-35)16-22-10-5-3-6-11-22)26(23-12-7-4-8-13-23)18-34(28)29(37)24-14-9-15-31-17-24/h3-15,17-18,20-21,25,28H,16,19H2,1-2H3,(H,32,36). The van der Waals surface area contributed by atoms with Crippen LogP contribution < -0.4 is 5.32 Å². The van der Waals surface area contributed by atoms with Gasteiger partial charge in [-0.05, 0) is 35.6 Å². The average Bonchev–Trinajstić information content (AvgIpc) is 2.94. The van der Waals surface area contributed by atoms with Crippen LogP contribution in [-0.4, -0.2) is 57.4 Å². The average molecular weight is 511 g/mol. The number of hydrogen-bond acceptors (Lipinski definition) is 5. The van der Waals surface area contributed by atoms with E-state index in [4.69, 9.17) is 0 Å². The molecule has 2 aromatic carbocycles. The monoisotopic (exact) mass is 510 g/mol. The van der Waals surface area contributed by atoms with Crippen LogP contribution in [0.5, 0.6) is 0 Å². The first-order valence-electron chi connectivity index (χ1n) is 12.5. The van der Waals surface area contributed by atoms with Gasteiger partial charge in [-0.3, -0.25) is 24.3 Å². The van der Waals surface area contributed by atoms with Crippen molar-refractivity contribution in [1.82, 2.24) is 20.1 Å². The summed E-state index contributed by atoms with van der Waals surface area (Å²) in [6.45, 7) is 3.42. The summed E-state index contributed by atoms with van der Waals surface area (Å²) in [7, 11) is 0. The summed E-state index contributed by atoms with van der Waals surface area (Å²) >= 11 is 0. The largest absolute Gasteiger partial charge is 0.345 e. The van der Waals surface area contributed by atoms with Crippen molar-refractivity contribution in [2.45, 2.75) is 32.4 Å². The summed E-state index contributed by atoms with van der Waals surface area (Å²) in [5, 5.41) is 2.74. The quantitative estimate of drug-likeness (QED) is 0.445. The molecule has 194 valence electrons. The van der Waals surface area contributed by atoms with Gasteiger partial charge in [-0.1, -0.05) is 74.5 Å². The Kier molecular flexibility index (Phi) is 8.43. The molecule has 2 unspecified atom stereocenters. The molecule has 8 heteroatoms. The topological polar surface area (TPSA) is 99.7 Å². The number of nitrogens with zero attached hydrogens (tertiary/aromatic N) is 3. The number of carbonyl (C=O) groups is 4. The van der Waals surface area contributed by atoms with Crippen molar-refractivity contribution >= 4 is 29.7 Å². The van der Waals surface area contributed by atoms with E-state index in [1.54, 1.807) is 24.5 Å². The number of aromatic nitrogens is 1. The maximum absolute atomic E-state index is 13.9. The van der Waals surface area contributed by atoms with E-state index < -0.39 is 18.0 Å². The van der Waals surface area contributed by atoms with Gasteiger partial charge in [0.05, 0.1) is 17.3 Å². The molecule has 1 aliphatic heterocycles. The highest BCUT2D eigenvalue weighted by Crippen LogP contribution is 2.31. The number of amides is 3. The Morgan fingerprint density at radius 1 is 1.00 bits per heavy atom. The molecule has 0 bridgehead atoms. The molecule has 1 aromatic heterocycles. The first-order valence-corrected chi connectivity index (χ1v) is 12.5. The van der Waals surface area contributed by atoms with Crippen LogP contribution in [0.25, 0.3) is 5.70 Å². The van der Waals surface area contributed by atoms with Crippen LogP contribution in [0.15, 0.2) is 91.4 Å². The summed E-state index contributed by atoms with van der Waals surface area (Å²) in [5.74, 6) is -1.43. The first-order chi connectivity index (χ1) is 18.4. The number of rotatable bonds is 9. The Morgan fingerprint density at radius 3 is 2.29 bits per heavy atom. The van der Waals surface area contributed by atoms with Gasteiger partial charge in [0.2, 0.25) is 5.91 Å². The molecular weight excluding hydrogens is 480 g/mol. The molecule has 3 aromatic rings. The first kappa shape index (κ1) is 26.5. The Labute approximate surface area is 222 Å². The van der Waals surface area contributed by atoms with E-state index in [0.717, 1.165) is 5.56 Å². The normalized spacial score (nSPS) is 16.1. The van der Waals surface area contributed by atoms with Gasteiger partial charge in [0.1, 0.15) is 18.9 Å². The maximum atomic E-state index is 13.9. The van der Waals surface area contributed by atoms with Gasteiger partial charge < -0.3 is 15.0 Å². The smallest absolute Gasteiger partial charge is 0.260 e. The number of aldehydes is 1. The Morgan fingerprint density at radius 2 is 1.68 bits per heavy atom. The van der Waals surface area contributed by atoms with Crippen molar-refractivity contribution in [2.24, 2.45) is 5.92 Å². The van der Waals surface area contributed by atoms with Crippen molar-refractivity contribution in [3.05, 3.63) is 108 Å². The van der Waals surface area contributed by atoms with Gasteiger partial charge in [0, 0.05) is 18.6 Å². The minimum absolute atomic E-state index is 0.233. The van der Waals surface area contributed by atoms with E-state index in [1.165, 1.54) is 16.0 Å². The van der Waals surface area contributed by atoms with Crippen molar-refractivity contribution < 1.29 is 19.2 Å². The van der Waals surface area contributed by atoms with Crippen LogP contribution >= 0.6 is 0 Å². The zero-order chi connectivity index (χ0) is 27.1. The zero-order valence-electron chi connectivity index (χ0n) is 21.4. The van der Waals surface area contributed by atoms with E-state index in [0.29, 0.717) is 29.5 Å². The van der Waals surface area contributed by atoms with Gasteiger partial charge in [-0.25, -0.2) is 0 Å². The van der Waals surface area contributed by atoms with Gasteiger partial charge in [-0.15, -0.1) is 0 Å². The van der Waals surface area contributed by atoms with Gasteiger partial charge in [-0.2, -0.15) is 0 Å². The van der Waals surface area contributed by atoms with Crippen molar-refractivity contribution in [2.75, 3.05) is 6.54 Å². The highest BCUT2D eigenvalue weighted by Gasteiger charge is 2.41. The van der Waals surface area contributed by atoms with E-state index >= 15 is 0 Å². The molecule has 2 atom stereocenters. The summed E-state index contributed by atoms with van der Waals surface area (Å²) in [5.41, 5.74) is 2.37. The third-order valence-corrected chi connectivity index (χ3v) is 6.33. The van der Waals surface area contributed by atoms with E-state index in [-0.39, 0.29) is 24.3 Å². The second-order valence-electron chi connectivity index (χ2n) is 9.45. The predicted octanol–water partition coefficient (Wildman–Crippen LogP) is 3.32. The number of hydrogen-bond donors (Lipinski definition) is 1. The van der Waals surface area contributed by atoms with Crippen LogP contribution in [0.3, 0.4) is 0 Å². The Bertz CT molecular complexity index is 1310. The lowest BCUT2D eigenvalue weighted by atomic mass is 9.96. The highest BCUT2D eigenvalue weighted by atomic mass is 16.2. The van der Waals surface area contributed by atoms with Crippen molar-refractivity contribution in [1.29, 1.82) is 0 Å². The van der Waals surface area contributed by atoms with Crippen LogP contribution in [0.2, 0.25) is 0 Å². The van der Waals surface area contributed by atoms with E-state index in [9.17, 15) is 19.2 Å². The van der Waals surface area contributed by atoms with Crippen molar-refractivity contribution in [3.63, 3.8) is 0 Å². The Hall–Kier alpha value is -4.59. The molecule has 0 radical (unpaired) electrons. The summed E-state index contributed by atoms with van der Waals surface area (Å²) in [6.07, 6.45) is 5.71. The van der Waals surface area contributed by atoms with Gasteiger partial charge in [0.15, 0.2) is 0 Å². The van der Waals surface area contributed by atoms with Crippen LogP contribution in [0.4, 0.5) is 0 Å². The number of benzene rings is 2. The number of nitrogens with one attached hydrogen (secondary N) is 1. The zero-order valence-corrected chi connectivity index (χ0v) is 21.4.